The van der Waals surface area contributed by atoms with Crippen molar-refractivity contribution in [3.63, 3.8) is 0 Å². The van der Waals surface area contributed by atoms with E-state index in [1.165, 1.54) is 12.1 Å². The van der Waals surface area contributed by atoms with Gasteiger partial charge in [0, 0.05) is 39.6 Å². The monoisotopic (exact) mass is 581 g/mol. The lowest BCUT2D eigenvalue weighted by atomic mass is 10.0. The average molecular weight is 583 g/mol. The summed E-state index contributed by atoms with van der Waals surface area (Å²) in [7, 11) is 0. The SMILES string of the molecule is O=C(CCCc1c(-c2ccccn2)[nH]c2ccc(F)cc12)Oc1c(Br)cc(Br)c2cccnc12. The number of aromatic amines is 1. The number of nitrogens with zero attached hydrogens (tertiary/aromatic N) is 2. The van der Waals surface area contributed by atoms with Crippen LogP contribution < -0.4 is 4.74 Å². The predicted molar refractivity (Wildman–Crippen MR) is 137 cm³/mol. The number of aryl methyl sites for hydroxylation is 1. The third-order valence-corrected chi connectivity index (χ3v) is 6.81. The molecule has 0 fully saturated rings. The molecule has 2 aromatic carbocycles. The van der Waals surface area contributed by atoms with Gasteiger partial charge in [0.15, 0.2) is 5.75 Å². The lowest BCUT2D eigenvalue weighted by Gasteiger charge is -2.11. The van der Waals surface area contributed by atoms with Gasteiger partial charge >= 0.3 is 5.97 Å². The summed E-state index contributed by atoms with van der Waals surface area (Å²) in [6.07, 6.45) is 4.66. The first-order valence-corrected chi connectivity index (χ1v) is 12.2. The first-order valence-electron chi connectivity index (χ1n) is 10.7. The zero-order valence-electron chi connectivity index (χ0n) is 17.8. The number of benzene rings is 2. The Bertz CT molecular complexity index is 1520. The molecule has 0 saturated heterocycles. The molecule has 8 heteroatoms. The van der Waals surface area contributed by atoms with Crippen LogP contribution in [0.5, 0.6) is 5.75 Å². The zero-order chi connectivity index (χ0) is 23.7. The van der Waals surface area contributed by atoms with Gasteiger partial charge in [0.2, 0.25) is 0 Å². The summed E-state index contributed by atoms with van der Waals surface area (Å²) in [5, 5.41) is 1.65. The van der Waals surface area contributed by atoms with Crippen LogP contribution in [0.25, 0.3) is 33.2 Å². The normalized spacial score (nSPS) is 11.3. The standard InChI is InChI=1S/C26H18Br2FN3O2/c27-19-14-20(28)26(25-17(19)6-4-12-31-25)34-23(33)8-3-5-16-18-13-15(29)9-10-21(18)32-24(16)22-7-1-2-11-30-22/h1-2,4,6-7,9-14,32H,3,5,8H2. The highest BCUT2D eigenvalue weighted by Crippen LogP contribution is 2.37. The number of ether oxygens (including phenoxy) is 1. The second-order valence-corrected chi connectivity index (χ2v) is 9.49. The van der Waals surface area contributed by atoms with Crippen LogP contribution in [-0.2, 0) is 11.2 Å². The molecule has 0 bridgehead atoms. The van der Waals surface area contributed by atoms with Gasteiger partial charge in [-0.3, -0.25) is 14.8 Å². The minimum Gasteiger partial charge on any atom is -0.423 e. The quantitative estimate of drug-likeness (QED) is 0.168. The Balaban J connectivity index is 1.37. The molecule has 0 aliphatic rings. The van der Waals surface area contributed by atoms with Crippen LogP contribution in [0.2, 0.25) is 0 Å². The van der Waals surface area contributed by atoms with Crippen molar-refractivity contribution in [3.05, 3.63) is 87.3 Å². The molecule has 5 aromatic rings. The number of pyridine rings is 2. The lowest BCUT2D eigenvalue weighted by molar-refractivity contribution is -0.134. The fourth-order valence-electron chi connectivity index (χ4n) is 4.03. The Hall–Kier alpha value is -3.10. The number of hydrogen-bond donors (Lipinski definition) is 1. The molecule has 0 radical (unpaired) electrons. The number of nitrogens with one attached hydrogen (secondary N) is 1. The molecule has 0 aliphatic heterocycles. The highest BCUT2D eigenvalue weighted by atomic mass is 79.9. The van der Waals surface area contributed by atoms with Crippen LogP contribution >= 0.6 is 31.9 Å². The summed E-state index contributed by atoms with van der Waals surface area (Å²) < 4.78 is 21.2. The van der Waals surface area contributed by atoms with Crippen LogP contribution in [0.4, 0.5) is 4.39 Å². The summed E-state index contributed by atoms with van der Waals surface area (Å²) in [6, 6.07) is 15.9. The van der Waals surface area contributed by atoms with E-state index in [-0.39, 0.29) is 18.2 Å². The van der Waals surface area contributed by atoms with Gasteiger partial charge in [-0.05, 0) is 76.8 Å². The number of carbonyl (C=O) groups is 1. The van der Waals surface area contributed by atoms with Gasteiger partial charge < -0.3 is 9.72 Å². The summed E-state index contributed by atoms with van der Waals surface area (Å²) in [4.78, 5) is 24.9. The van der Waals surface area contributed by atoms with Crippen molar-refractivity contribution in [1.82, 2.24) is 15.0 Å². The first-order chi connectivity index (χ1) is 16.5. The van der Waals surface area contributed by atoms with E-state index in [2.05, 4.69) is 46.8 Å². The Morgan fingerprint density at radius 3 is 2.65 bits per heavy atom. The number of esters is 1. The van der Waals surface area contributed by atoms with Gasteiger partial charge in [-0.15, -0.1) is 0 Å². The van der Waals surface area contributed by atoms with E-state index < -0.39 is 0 Å². The van der Waals surface area contributed by atoms with Crippen molar-refractivity contribution in [2.45, 2.75) is 19.3 Å². The molecule has 0 spiro atoms. The summed E-state index contributed by atoms with van der Waals surface area (Å²) in [5.41, 5.74) is 3.96. The molecule has 3 aromatic heterocycles. The van der Waals surface area contributed by atoms with Crippen LogP contribution in [0.3, 0.4) is 0 Å². The molecule has 0 saturated carbocycles. The second kappa shape index (κ2) is 9.64. The summed E-state index contributed by atoms with van der Waals surface area (Å²) in [5.74, 6) is -0.272. The fraction of sp³-hybridized carbons (Fsp3) is 0.115. The van der Waals surface area contributed by atoms with Gasteiger partial charge in [0.1, 0.15) is 11.3 Å². The first kappa shape index (κ1) is 22.7. The maximum Gasteiger partial charge on any atom is 0.311 e. The van der Waals surface area contributed by atoms with Crippen LogP contribution in [0.15, 0.2) is 75.9 Å². The molecule has 5 nitrogen and oxygen atoms in total. The van der Waals surface area contributed by atoms with Crippen molar-refractivity contribution in [3.8, 4) is 17.1 Å². The Kier molecular flexibility index (Phi) is 6.43. The van der Waals surface area contributed by atoms with E-state index in [4.69, 9.17) is 4.74 Å². The third-order valence-electron chi connectivity index (χ3n) is 5.56. The number of halogens is 3. The summed E-state index contributed by atoms with van der Waals surface area (Å²) in [6.45, 7) is 0. The molecule has 1 N–H and O–H groups in total. The van der Waals surface area contributed by atoms with E-state index in [1.54, 1.807) is 18.5 Å². The minimum atomic E-state index is -0.361. The van der Waals surface area contributed by atoms with Crippen LogP contribution in [-0.4, -0.2) is 20.9 Å². The second-order valence-electron chi connectivity index (χ2n) is 7.78. The van der Waals surface area contributed by atoms with Crippen molar-refractivity contribution in [2.75, 3.05) is 0 Å². The third kappa shape index (κ3) is 4.48. The maximum absolute atomic E-state index is 14.0. The number of fused-ring (bicyclic) bond motifs is 2. The molecular formula is C26H18Br2FN3O2. The lowest BCUT2D eigenvalue weighted by Crippen LogP contribution is -2.09. The highest BCUT2D eigenvalue weighted by molar-refractivity contribution is 9.11. The Morgan fingerprint density at radius 2 is 1.82 bits per heavy atom. The van der Waals surface area contributed by atoms with Gasteiger partial charge in [0.25, 0.3) is 0 Å². The molecular weight excluding hydrogens is 565 g/mol. The van der Waals surface area contributed by atoms with Crippen LogP contribution in [0, 0.1) is 5.82 Å². The van der Waals surface area contributed by atoms with Gasteiger partial charge in [-0.1, -0.05) is 28.1 Å². The number of aromatic nitrogens is 3. The predicted octanol–water partition coefficient (Wildman–Crippen LogP) is 7.37. The molecule has 3 heterocycles. The largest absolute Gasteiger partial charge is 0.423 e. The molecule has 0 unspecified atom stereocenters. The zero-order valence-corrected chi connectivity index (χ0v) is 21.0. The Labute approximate surface area is 211 Å². The number of carbonyl (C=O) groups excluding carboxylic acids is 1. The fourth-order valence-corrected chi connectivity index (χ4v) is 5.38. The van der Waals surface area contributed by atoms with E-state index in [0.29, 0.717) is 28.6 Å². The van der Waals surface area contributed by atoms with Crippen LogP contribution in [0.1, 0.15) is 18.4 Å². The number of rotatable bonds is 6. The molecule has 34 heavy (non-hydrogen) atoms. The van der Waals surface area contributed by atoms with Gasteiger partial charge in [-0.25, -0.2) is 4.39 Å². The van der Waals surface area contributed by atoms with E-state index in [0.717, 1.165) is 37.7 Å². The number of H-pyrrole nitrogens is 1. The van der Waals surface area contributed by atoms with Crippen molar-refractivity contribution < 1.29 is 13.9 Å². The maximum atomic E-state index is 14.0. The van der Waals surface area contributed by atoms with E-state index >= 15 is 0 Å². The molecule has 5 rings (SSSR count). The molecule has 170 valence electrons. The smallest absolute Gasteiger partial charge is 0.311 e. The summed E-state index contributed by atoms with van der Waals surface area (Å²) >= 11 is 6.99. The van der Waals surface area contributed by atoms with Crippen molar-refractivity contribution in [1.29, 1.82) is 0 Å². The van der Waals surface area contributed by atoms with Crippen molar-refractivity contribution in [2.24, 2.45) is 0 Å². The number of hydrogen-bond acceptors (Lipinski definition) is 4. The molecule has 0 aliphatic carbocycles. The highest BCUT2D eigenvalue weighted by Gasteiger charge is 2.18. The van der Waals surface area contributed by atoms with Crippen molar-refractivity contribution >= 4 is 59.6 Å². The van der Waals surface area contributed by atoms with E-state index in [9.17, 15) is 9.18 Å². The van der Waals surface area contributed by atoms with E-state index in [1.807, 2.05) is 36.4 Å². The average Bonchev–Trinajstić information content (AvgIpc) is 3.20. The Morgan fingerprint density at radius 1 is 0.971 bits per heavy atom. The molecule has 0 atom stereocenters. The topological polar surface area (TPSA) is 67.9 Å². The van der Waals surface area contributed by atoms with Gasteiger partial charge in [-0.2, -0.15) is 0 Å². The molecule has 0 amide bonds. The van der Waals surface area contributed by atoms with Gasteiger partial charge in [0.05, 0.1) is 15.9 Å². The minimum absolute atomic E-state index is 0.195.